The average Bonchev–Trinajstić information content (AvgIpc) is 3.01. The minimum atomic E-state index is -0.773. The zero-order chi connectivity index (χ0) is 23.7. The predicted molar refractivity (Wildman–Crippen MR) is 123 cm³/mol. The first kappa shape index (κ1) is 22.5. The number of esters is 1. The van der Waals surface area contributed by atoms with Crippen LogP contribution in [-0.4, -0.2) is 17.8 Å². The number of aryl methyl sites for hydroxylation is 1. The molecule has 2 amide bonds. The van der Waals surface area contributed by atoms with Crippen molar-refractivity contribution in [2.75, 3.05) is 10.2 Å². The van der Waals surface area contributed by atoms with E-state index in [1.165, 1.54) is 18.2 Å². The van der Waals surface area contributed by atoms with Gasteiger partial charge >= 0.3 is 5.97 Å². The van der Waals surface area contributed by atoms with Gasteiger partial charge in [-0.2, -0.15) is 0 Å². The summed E-state index contributed by atoms with van der Waals surface area (Å²) < 4.78 is 18.9. The largest absolute Gasteiger partial charge is 0.423 e. The van der Waals surface area contributed by atoms with Crippen molar-refractivity contribution in [1.29, 1.82) is 0 Å². The van der Waals surface area contributed by atoms with Gasteiger partial charge in [0.1, 0.15) is 22.3 Å². The summed E-state index contributed by atoms with van der Waals surface area (Å²) in [7, 11) is 0. The number of rotatable bonds is 5. The fourth-order valence-corrected chi connectivity index (χ4v) is 3.52. The quantitative estimate of drug-likeness (QED) is 0.296. The summed E-state index contributed by atoms with van der Waals surface area (Å²) in [5.41, 5.74) is 1.45. The first-order valence-electron chi connectivity index (χ1n) is 9.65. The molecule has 0 saturated heterocycles. The standard InChI is InChI=1S/C24H15Cl2FN2O4/c1-13-4-2-3-5-19(13)33-24(32)14-6-8-15(9-7-14)28-21-20(26)22(30)29(23(21)31)16-10-11-18(27)17(25)12-16/h2-12,28H,1H3. The van der Waals surface area contributed by atoms with Crippen LogP contribution < -0.4 is 15.0 Å². The molecule has 0 spiro atoms. The van der Waals surface area contributed by atoms with Crippen LogP contribution in [0, 0.1) is 12.7 Å². The predicted octanol–water partition coefficient (Wildman–Crippen LogP) is 5.44. The maximum atomic E-state index is 13.5. The van der Waals surface area contributed by atoms with Gasteiger partial charge in [-0.05, 0) is 61.0 Å². The molecule has 33 heavy (non-hydrogen) atoms. The number of hydrogen-bond acceptors (Lipinski definition) is 5. The number of carbonyl (C=O) groups excluding carboxylic acids is 3. The second kappa shape index (κ2) is 9.05. The average molecular weight is 485 g/mol. The Bertz CT molecular complexity index is 1320. The van der Waals surface area contributed by atoms with Gasteiger partial charge in [-0.1, -0.05) is 41.4 Å². The fourth-order valence-electron chi connectivity index (χ4n) is 3.13. The number of anilines is 2. The molecule has 3 aromatic rings. The van der Waals surface area contributed by atoms with Crippen LogP contribution in [-0.2, 0) is 9.59 Å². The number of carbonyl (C=O) groups is 3. The molecule has 1 N–H and O–H groups in total. The Morgan fingerprint density at radius 1 is 0.970 bits per heavy atom. The van der Waals surface area contributed by atoms with E-state index in [-0.39, 0.29) is 21.4 Å². The molecule has 1 heterocycles. The molecule has 0 radical (unpaired) electrons. The van der Waals surface area contributed by atoms with Crippen molar-refractivity contribution in [2.45, 2.75) is 6.92 Å². The van der Waals surface area contributed by atoms with Gasteiger partial charge in [0.25, 0.3) is 11.8 Å². The van der Waals surface area contributed by atoms with Crippen LogP contribution in [0.15, 0.2) is 77.5 Å². The lowest BCUT2D eigenvalue weighted by Crippen LogP contribution is -2.32. The van der Waals surface area contributed by atoms with Crippen LogP contribution in [0.2, 0.25) is 5.02 Å². The highest BCUT2D eigenvalue weighted by Crippen LogP contribution is 2.32. The van der Waals surface area contributed by atoms with Crippen molar-refractivity contribution in [1.82, 2.24) is 0 Å². The summed E-state index contributed by atoms with van der Waals surface area (Å²) in [5.74, 6) is -2.27. The van der Waals surface area contributed by atoms with Gasteiger partial charge in [-0.25, -0.2) is 14.1 Å². The molecule has 1 aliphatic rings. The summed E-state index contributed by atoms with van der Waals surface area (Å²) in [5, 5.41) is 2.23. The SMILES string of the molecule is Cc1ccccc1OC(=O)c1ccc(NC2=C(Cl)C(=O)N(c3ccc(F)c(Cl)c3)C2=O)cc1. The molecule has 9 heteroatoms. The van der Waals surface area contributed by atoms with Crippen LogP contribution >= 0.6 is 23.2 Å². The van der Waals surface area contributed by atoms with E-state index >= 15 is 0 Å². The van der Waals surface area contributed by atoms with Crippen molar-refractivity contribution >= 4 is 52.4 Å². The number of amides is 2. The van der Waals surface area contributed by atoms with Gasteiger partial charge in [0.15, 0.2) is 0 Å². The fraction of sp³-hybridized carbons (Fsp3) is 0.0417. The van der Waals surface area contributed by atoms with Gasteiger partial charge in [-0.15, -0.1) is 0 Å². The summed E-state index contributed by atoms with van der Waals surface area (Å²) in [6, 6.07) is 16.7. The summed E-state index contributed by atoms with van der Waals surface area (Å²) >= 11 is 11.9. The zero-order valence-corrected chi connectivity index (χ0v) is 18.6. The molecule has 4 rings (SSSR count). The number of benzene rings is 3. The van der Waals surface area contributed by atoms with E-state index in [2.05, 4.69) is 5.32 Å². The van der Waals surface area contributed by atoms with Crippen molar-refractivity contribution in [2.24, 2.45) is 0 Å². The Balaban J connectivity index is 1.50. The second-order valence-electron chi connectivity index (χ2n) is 7.09. The topological polar surface area (TPSA) is 75.7 Å². The van der Waals surface area contributed by atoms with E-state index < -0.39 is 23.6 Å². The summed E-state index contributed by atoms with van der Waals surface area (Å²) in [6.07, 6.45) is 0. The first-order chi connectivity index (χ1) is 15.8. The van der Waals surface area contributed by atoms with E-state index in [1.54, 1.807) is 24.3 Å². The minimum Gasteiger partial charge on any atom is -0.423 e. The molecular formula is C24H15Cl2FN2O4. The number of para-hydroxylation sites is 1. The molecule has 0 unspecified atom stereocenters. The number of nitrogens with zero attached hydrogens (tertiary/aromatic N) is 1. The molecule has 0 bridgehead atoms. The van der Waals surface area contributed by atoms with Crippen LogP contribution in [0.5, 0.6) is 5.75 Å². The molecule has 6 nitrogen and oxygen atoms in total. The first-order valence-corrected chi connectivity index (χ1v) is 10.4. The van der Waals surface area contributed by atoms with Gasteiger partial charge < -0.3 is 10.1 Å². The molecule has 0 atom stereocenters. The monoisotopic (exact) mass is 484 g/mol. The third-order valence-electron chi connectivity index (χ3n) is 4.87. The van der Waals surface area contributed by atoms with Gasteiger partial charge in [0, 0.05) is 5.69 Å². The second-order valence-corrected chi connectivity index (χ2v) is 7.88. The Morgan fingerprint density at radius 3 is 2.33 bits per heavy atom. The van der Waals surface area contributed by atoms with E-state index in [4.69, 9.17) is 27.9 Å². The van der Waals surface area contributed by atoms with Crippen molar-refractivity contribution < 1.29 is 23.5 Å². The normalized spacial score (nSPS) is 13.5. The number of hydrogen-bond donors (Lipinski definition) is 1. The van der Waals surface area contributed by atoms with Gasteiger partial charge in [0.05, 0.1) is 16.3 Å². The summed E-state index contributed by atoms with van der Waals surface area (Å²) in [6.45, 7) is 1.83. The number of ether oxygens (including phenoxy) is 1. The summed E-state index contributed by atoms with van der Waals surface area (Å²) in [4.78, 5) is 38.6. The van der Waals surface area contributed by atoms with Crippen LogP contribution in [0.4, 0.5) is 15.8 Å². The molecule has 166 valence electrons. The Morgan fingerprint density at radius 2 is 1.67 bits per heavy atom. The maximum Gasteiger partial charge on any atom is 0.343 e. The van der Waals surface area contributed by atoms with E-state index in [1.807, 2.05) is 19.1 Å². The Kier molecular flexibility index (Phi) is 6.18. The highest BCUT2D eigenvalue weighted by atomic mass is 35.5. The third-order valence-corrected chi connectivity index (χ3v) is 5.52. The molecular weight excluding hydrogens is 470 g/mol. The van der Waals surface area contributed by atoms with Gasteiger partial charge in [-0.3, -0.25) is 9.59 Å². The van der Waals surface area contributed by atoms with Gasteiger partial charge in [0.2, 0.25) is 0 Å². The molecule has 3 aromatic carbocycles. The number of imide groups is 1. The third kappa shape index (κ3) is 4.46. The molecule has 0 aromatic heterocycles. The number of halogens is 3. The van der Waals surface area contributed by atoms with Crippen LogP contribution in [0.25, 0.3) is 0 Å². The lowest BCUT2D eigenvalue weighted by molar-refractivity contribution is -0.120. The van der Waals surface area contributed by atoms with Crippen molar-refractivity contribution in [3.8, 4) is 5.75 Å². The van der Waals surface area contributed by atoms with Crippen molar-refractivity contribution in [3.63, 3.8) is 0 Å². The Hall–Kier alpha value is -3.68. The van der Waals surface area contributed by atoms with E-state index in [0.29, 0.717) is 17.0 Å². The van der Waals surface area contributed by atoms with E-state index in [9.17, 15) is 18.8 Å². The molecule has 0 aliphatic carbocycles. The number of nitrogens with one attached hydrogen (secondary N) is 1. The zero-order valence-electron chi connectivity index (χ0n) is 17.1. The smallest absolute Gasteiger partial charge is 0.343 e. The van der Waals surface area contributed by atoms with Crippen molar-refractivity contribution in [3.05, 3.63) is 99.4 Å². The van der Waals surface area contributed by atoms with Crippen LogP contribution in [0.3, 0.4) is 0 Å². The molecule has 1 aliphatic heterocycles. The highest BCUT2D eigenvalue weighted by molar-refractivity contribution is 6.53. The Labute approximate surface area is 198 Å². The lowest BCUT2D eigenvalue weighted by atomic mass is 10.2. The molecule has 0 saturated carbocycles. The minimum absolute atomic E-state index is 0.0839. The maximum absolute atomic E-state index is 13.5. The highest BCUT2D eigenvalue weighted by Gasteiger charge is 2.39. The van der Waals surface area contributed by atoms with Crippen LogP contribution in [0.1, 0.15) is 15.9 Å². The lowest BCUT2D eigenvalue weighted by Gasteiger charge is -2.15. The van der Waals surface area contributed by atoms with E-state index in [0.717, 1.165) is 22.6 Å². The molecule has 0 fully saturated rings.